The van der Waals surface area contributed by atoms with Gasteiger partial charge in [-0.15, -0.1) is 0 Å². The lowest BCUT2D eigenvalue weighted by Gasteiger charge is -2.40. The number of aryl methyl sites for hydroxylation is 1. The standard InChI is InChI=1S/C29H45N5O4/c1-21(2)20-34(23-17-22(18-30-19-23)28(35)32-13-6-5-7-14-32)29(36)27-31-26-24(11-10-12-25(26)38-4)33(27)15-8-9-16-37-3/h10-12,21-23,30H,5-9,13-20H2,1-4H3/t22-,23+/m1/s1. The summed E-state index contributed by atoms with van der Waals surface area (Å²) in [7, 11) is 3.34. The summed E-state index contributed by atoms with van der Waals surface area (Å²) in [4.78, 5) is 36.5. The fraction of sp³-hybridized carbons (Fsp3) is 0.690. The van der Waals surface area contributed by atoms with Crippen LogP contribution in [0.5, 0.6) is 5.75 Å². The van der Waals surface area contributed by atoms with Crippen LogP contribution in [0.3, 0.4) is 0 Å². The molecule has 2 fully saturated rings. The van der Waals surface area contributed by atoms with Crippen LogP contribution in [0, 0.1) is 11.8 Å². The van der Waals surface area contributed by atoms with Crippen molar-refractivity contribution in [1.29, 1.82) is 0 Å². The molecule has 2 amide bonds. The highest BCUT2D eigenvalue weighted by atomic mass is 16.5. The summed E-state index contributed by atoms with van der Waals surface area (Å²) < 4.78 is 12.9. The lowest BCUT2D eigenvalue weighted by atomic mass is 9.92. The lowest BCUT2D eigenvalue weighted by Crippen LogP contribution is -2.55. The van der Waals surface area contributed by atoms with Gasteiger partial charge >= 0.3 is 0 Å². The number of para-hydroxylation sites is 1. The Hall–Kier alpha value is -2.65. The molecule has 2 aliphatic heterocycles. The van der Waals surface area contributed by atoms with Gasteiger partial charge in [-0.05, 0) is 56.6 Å². The van der Waals surface area contributed by atoms with Gasteiger partial charge in [0.25, 0.3) is 5.91 Å². The molecule has 0 radical (unpaired) electrons. The molecular formula is C29H45N5O4. The van der Waals surface area contributed by atoms with E-state index in [-0.39, 0.29) is 29.7 Å². The summed E-state index contributed by atoms with van der Waals surface area (Å²) >= 11 is 0. The fourth-order valence-corrected chi connectivity index (χ4v) is 5.83. The Kier molecular flexibility index (Phi) is 10.0. The molecule has 2 atom stereocenters. The Morgan fingerprint density at radius 2 is 1.92 bits per heavy atom. The third-order valence-electron chi connectivity index (χ3n) is 7.74. The summed E-state index contributed by atoms with van der Waals surface area (Å²) in [5.74, 6) is 1.42. The number of amides is 2. The highest BCUT2D eigenvalue weighted by Crippen LogP contribution is 2.29. The lowest BCUT2D eigenvalue weighted by molar-refractivity contribution is -0.137. The Labute approximate surface area is 226 Å². The largest absolute Gasteiger partial charge is 0.494 e. The predicted octanol–water partition coefficient (Wildman–Crippen LogP) is 3.56. The Bertz CT molecular complexity index is 1080. The summed E-state index contributed by atoms with van der Waals surface area (Å²) in [6.45, 7) is 9.27. The highest BCUT2D eigenvalue weighted by Gasteiger charge is 2.36. The molecule has 2 aromatic rings. The second kappa shape index (κ2) is 13.4. The number of fused-ring (bicyclic) bond motifs is 1. The number of hydrogen-bond donors (Lipinski definition) is 1. The molecule has 0 aliphatic carbocycles. The summed E-state index contributed by atoms with van der Waals surface area (Å²) in [6.07, 6.45) is 5.81. The first-order valence-electron chi connectivity index (χ1n) is 14.3. The molecule has 4 rings (SSSR count). The first-order chi connectivity index (χ1) is 18.4. The average Bonchev–Trinajstić information content (AvgIpc) is 3.32. The van der Waals surface area contributed by atoms with Crippen molar-refractivity contribution in [2.75, 3.05) is 53.6 Å². The number of ether oxygens (including phenoxy) is 2. The molecule has 1 aromatic carbocycles. The second-order valence-corrected chi connectivity index (χ2v) is 11.1. The first-order valence-corrected chi connectivity index (χ1v) is 14.3. The van der Waals surface area contributed by atoms with E-state index in [1.54, 1.807) is 14.2 Å². The van der Waals surface area contributed by atoms with Crippen LogP contribution < -0.4 is 10.1 Å². The van der Waals surface area contributed by atoms with E-state index in [1.807, 2.05) is 32.6 Å². The van der Waals surface area contributed by atoms with Crippen LogP contribution in [0.4, 0.5) is 0 Å². The highest BCUT2D eigenvalue weighted by molar-refractivity contribution is 5.96. The Morgan fingerprint density at radius 3 is 2.63 bits per heavy atom. The molecule has 0 bridgehead atoms. The molecule has 0 unspecified atom stereocenters. The summed E-state index contributed by atoms with van der Waals surface area (Å²) in [5, 5.41) is 3.47. The molecule has 0 saturated carbocycles. The maximum atomic E-state index is 14.3. The zero-order chi connectivity index (χ0) is 27.1. The van der Waals surface area contributed by atoms with E-state index in [2.05, 4.69) is 19.2 Å². The number of nitrogens with one attached hydrogen (secondary N) is 1. The van der Waals surface area contributed by atoms with Crippen LogP contribution >= 0.6 is 0 Å². The van der Waals surface area contributed by atoms with Crippen molar-refractivity contribution in [3.05, 3.63) is 24.0 Å². The van der Waals surface area contributed by atoms with Crippen LogP contribution in [-0.4, -0.2) is 90.8 Å². The van der Waals surface area contributed by atoms with E-state index in [0.29, 0.717) is 56.3 Å². The van der Waals surface area contributed by atoms with Gasteiger partial charge in [0.05, 0.1) is 18.5 Å². The van der Waals surface area contributed by atoms with Crippen molar-refractivity contribution in [2.24, 2.45) is 11.8 Å². The maximum absolute atomic E-state index is 14.3. The first kappa shape index (κ1) is 28.4. The van der Waals surface area contributed by atoms with Gasteiger partial charge in [-0.3, -0.25) is 9.59 Å². The van der Waals surface area contributed by atoms with Gasteiger partial charge < -0.3 is 29.2 Å². The van der Waals surface area contributed by atoms with Crippen molar-refractivity contribution >= 4 is 22.8 Å². The predicted molar refractivity (Wildman–Crippen MR) is 148 cm³/mol. The normalized spacial score (nSPS) is 20.2. The summed E-state index contributed by atoms with van der Waals surface area (Å²) in [6, 6.07) is 5.75. The molecule has 3 heterocycles. The minimum absolute atomic E-state index is 0.0685. The smallest absolute Gasteiger partial charge is 0.290 e. The number of unbranched alkanes of at least 4 members (excludes halogenated alkanes) is 1. The SMILES string of the molecule is COCCCCn1c(C(=O)N(CC(C)C)[C@@H]2CNC[C@H](C(=O)N3CCCCC3)C2)nc2c(OC)cccc21. The van der Waals surface area contributed by atoms with Gasteiger partial charge in [-0.25, -0.2) is 4.98 Å². The van der Waals surface area contributed by atoms with Gasteiger partial charge in [-0.1, -0.05) is 19.9 Å². The van der Waals surface area contributed by atoms with Crippen LogP contribution in [0.15, 0.2) is 18.2 Å². The number of nitrogens with zero attached hydrogens (tertiary/aromatic N) is 4. The van der Waals surface area contributed by atoms with E-state index in [1.165, 1.54) is 6.42 Å². The molecule has 38 heavy (non-hydrogen) atoms. The summed E-state index contributed by atoms with van der Waals surface area (Å²) in [5.41, 5.74) is 1.60. The molecule has 1 aromatic heterocycles. The molecule has 0 spiro atoms. The number of imidazole rings is 1. The third-order valence-corrected chi connectivity index (χ3v) is 7.74. The maximum Gasteiger partial charge on any atom is 0.290 e. The number of methoxy groups -OCH3 is 2. The van der Waals surface area contributed by atoms with Crippen LogP contribution in [-0.2, 0) is 16.1 Å². The Morgan fingerprint density at radius 1 is 1.13 bits per heavy atom. The molecule has 9 nitrogen and oxygen atoms in total. The molecule has 2 saturated heterocycles. The number of aromatic nitrogens is 2. The Balaban J connectivity index is 1.62. The van der Waals surface area contributed by atoms with E-state index < -0.39 is 0 Å². The minimum atomic E-state index is -0.109. The number of likely N-dealkylation sites (tertiary alicyclic amines) is 1. The average molecular weight is 528 g/mol. The van der Waals surface area contributed by atoms with Crippen LogP contribution in [0.25, 0.3) is 11.0 Å². The number of carbonyl (C=O) groups excluding carboxylic acids is 2. The monoisotopic (exact) mass is 527 g/mol. The second-order valence-electron chi connectivity index (χ2n) is 11.1. The van der Waals surface area contributed by atoms with E-state index >= 15 is 0 Å². The van der Waals surface area contributed by atoms with Crippen LogP contribution in [0.2, 0.25) is 0 Å². The zero-order valence-electron chi connectivity index (χ0n) is 23.6. The van der Waals surface area contributed by atoms with Gasteiger partial charge in [0, 0.05) is 59.0 Å². The number of carbonyl (C=O) groups is 2. The van der Waals surface area contributed by atoms with Crippen molar-refractivity contribution < 1.29 is 19.1 Å². The molecule has 1 N–H and O–H groups in total. The fourth-order valence-electron chi connectivity index (χ4n) is 5.83. The van der Waals surface area contributed by atoms with Gasteiger partial charge in [0.15, 0.2) is 5.82 Å². The molecule has 9 heteroatoms. The molecule has 210 valence electrons. The van der Waals surface area contributed by atoms with Gasteiger partial charge in [0.2, 0.25) is 5.91 Å². The van der Waals surface area contributed by atoms with Crippen molar-refractivity contribution in [1.82, 2.24) is 24.7 Å². The van der Waals surface area contributed by atoms with E-state index in [4.69, 9.17) is 14.5 Å². The molecular weight excluding hydrogens is 482 g/mol. The molecule has 2 aliphatic rings. The third kappa shape index (κ3) is 6.49. The van der Waals surface area contributed by atoms with E-state index in [0.717, 1.165) is 44.3 Å². The number of hydrogen-bond acceptors (Lipinski definition) is 6. The number of benzene rings is 1. The van der Waals surface area contributed by atoms with Crippen LogP contribution in [0.1, 0.15) is 63.0 Å². The van der Waals surface area contributed by atoms with Crippen molar-refractivity contribution in [2.45, 2.75) is 65.0 Å². The topological polar surface area (TPSA) is 88.9 Å². The van der Waals surface area contributed by atoms with Crippen molar-refractivity contribution in [3.63, 3.8) is 0 Å². The van der Waals surface area contributed by atoms with Crippen molar-refractivity contribution in [3.8, 4) is 5.75 Å². The number of piperidine rings is 2. The minimum Gasteiger partial charge on any atom is -0.494 e. The quantitative estimate of drug-likeness (QED) is 0.450. The van der Waals surface area contributed by atoms with Gasteiger partial charge in [-0.2, -0.15) is 0 Å². The van der Waals surface area contributed by atoms with E-state index in [9.17, 15) is 9.59 Å². The van der Waals surface area contributed by atoms with Gasteiger partial charge in [0.1, 0.15) is 11.3 Å². The zero-order valence-corrected chi connectivity index (χ0v) is 23.6. The number of rotatable bonds is 11.